The average molecular weight is 300 g/mol. The van der Waals surface area contributed by atoms with Crippen LogP contribution in [0, 0.1) is 5.92 Å². The molecule has 2 unspecified atom stereocenters. The zero-order valence-electron chi connectivity index (χ0n) is 13.1. The molecule has 0 spiro atoms. The van der Waals surface area contributed by atoms with E-state index in [1.54, 1.807) is 6.08 Å². The first-order chi connectivity index (χ1) is 10.5. The van der Waals surface area contributed by atoms with Crippen molar-refractivity contribution < 1.29 is 4.79 Å². The van der Waals surface area contributed by atoms with Gasteiger partial charge in [-0.3, -0.25) is 4.79 Å². The number of hydrogen-bond acceptors (Lipinski definition) is 4. The van der Waals surface area contributed by atoms with E-state index in [1.807, 2.05) is 49.1 Å². The summed E-state index contributed by atoms with van der Waals surface area (Å²) in [6.07, 6.45) is 2.41. The fourth-order valence-corrected chi connectivity index (χ4v) is 2.74. The third kappa shape index (κ3) is 3.21. The molecule has 5 heteroatoms. The van der Waals surface area contributed by atoms with Gasteiger partial charge in [-0.15, -0.1) is 0 Å². The van der Waals surface area contributed by atoms with Gasteiger partial charge in [-0.25, -0.2) is 0 Å². The predicted octanol–water partition coefficient (Wildman–Crippen LogP) is 1.24. The van der Waals surface area contributed by atoms with Crippen LogP contribution in [0.4, 0.5) is 0 Å². The van der Waals surface area contributed by atoms with E-state index in [2.05, 4.69) is 0 Å². The smallest absolute Gasteiger partial charge is 0.250 e. The van der Waals surface area contributed by atoms with E-state index in [9.17, 15) is 4.79 Å². The van der Waals surface area contributed by atoms with Gasteiger partial charge in [-0.1, -0.05) is 37.3 Å². The minimum absolute atomic E-state index is 0.0175. The standard InChI is InChI=1S/C17H24N4O/c1-11-10-21(12(2)13-6-4-3-5-7-13)17(22)15(11)8-14(9-18)16(19)20/h3-9,11-12,16H,10,18-20H2,1-2H3/b14-9+,15-8+. The van der Waals surface area contributed by atoms with Crippen molar-refractivity contribution in [3.63, 3.8) is 0 Å². The Labute approximate surface area is 131 Å². The molecule has 22 heavy (non-hydrogen) atoms. The lowest BCUT2D eigenvalue weighted by Crippen LogP contribution is -2.33. The summed E-state index contributed by atoms with van der Waals surface area (Å²) in [5.74, 6) is 0.135. The molecular weight excluding hydrogens is 276 g/mol. The van der Waals surface area contributed by atoms with Crippen LogP contribution >= 0.6 is 0 Å². The molecule has 1 saturated heterocycles. The Morgan fingerprint density at radius 1 is 1.32 bits per heavy atom. The Morgan fingerprint density at radius 2 is 1.95 bits per heavy atom. The van der Waals surface area contributed by atoms with E-state index in [1.165, 1.54) is 6.20 Å². The van der Waals surface area contributed by atoms with E-state index < -0.39 is 6.17 Å². The summed E-state index contributed by atoms with van der Waals surface area (Å²) in [6.45, 7) is 4.74. The van der Waals surface area contributed by atoms with Crippen LogP contribution in [0.3, 0.4) is 0 Å². The third-order valence-corrected chi connectivity index (χ3v) is 4.16. The number of nitrogens with two attached hydrogens (primary N) is 3. The first kappa shape index (κ1) is 16.3. The van der Waals surface area contributed by atoms with Gasteiger partial charge >= 0.3 is 0 Å². The van der Waals surface area contributed by atoms with Crippen LogP contribution in [-0.2, 0) is 4.79 Å². The number of amides is 1. The first-order valence-corrected chi connectivity index (χ1v) is 7.46. The fraction of sp³-hybridized carbons (Fsp3) is 0.353. The van der Waals surface area contributed by atoms with Crippen molar-refractivity contribution in [3.8, 4) is 0 Å². The first-order valence-electron chi connectivity index (χ1n) is 7.46. The van der Waals surface area contributed by atoms with Gasteiger partial charge in [0, 0.05) is 18.0 Å². The van der Waals surface area contributed by atoms with Gasteiger partial charge in [0.2, 0.25) is 0 Å². The molecule has 6 N–H and O–H groups in total. The summed E-state index contributed by atoms with van der Waals surface area (Å²) < 4.78 is 0. The van der Waals surface area contributed by atoms with Crippen molar-refractivity contribution in [2.24, 2.45) is 23.1 Å². The maximum absolute atomic E-state index is 12.7. The highest BCUT2D eigenvalue weighted by molar-refractivity contribution is 5.97. The monoisotopic (exact) mass is 300 g/mol. The summed E-state index contributed by atoms with van der Waals surface area (Å²) in [4.78, 5) is 14.6. The van der Waals surface area contributed by atoms with E-state index in [0.717, 1.165) is 5.56 Å². The van der Waals surface area contributed by atoms with Gasteiger partial charge in [0.1, 0.15) is 0 Å². The second kappa shape index (κ2) is 6.77. The fourth-order valence-electron chi connectivity index (χ4n) is 2.74. The summed E-state index contributed by atoms with van der Waals surface area (Å²) in [5, 5.41) is 0. The van der Waals surface area contributed by atoms with Crippen LogP contribution in [0.25, 0.3) is 0 Å². The zero-order valence-corrected chi connectivity index (χ0v) is 13.1. The number of nitrogens with zero attached hydrogens (tertiary/aromatic N) is 1. The molecule has 0 aliphatic carbocycles. The molecule has 1 aromatic rings. The van der Waals surface area contributed by atoms with Gasteiger partial charge in [0.05, 0.1) is 12.2 Å². The van der Waals surface area contributed by atoms with Crippen molar-refractivity contribution in [1.82, 2.24) is 4.90 Å². The number of likely N-dealkylation sites (tertiary alicyclic amines) is 1. The van der Waals surface area contributed by atoms with Gasteiger partial charge in [-0.2, -0.15) is 0 Å². The highest BCUT2D eigenvalue weighted by Gasteiger charge is 2.35. The molecule has 1 aromatic carbocycles. The molecule has 0 bridgehead atoms. The van der Waals surface area contributed by atoms with Gasteiger partial charge in [-0.05, 0) is 30.3 Å². The molecular formula is C17H24N4O. The van der Waals surface area contributed by atoms with Crippen molar-refractivity contribution in [2.45, 2.75) is 26.1 Å². The summed E-state index contributed by atoms with van der Waals surface area (Å²) >= 11 is 0. The normalized spacial score (nSPS) is 22.7. The molecule has 1 heterocycles. The van der Waals surface area contributed by atoms with Crippen molar-refractivity contribution in [3.05, 3.63) is 59.3 Å². The number of benzene rings is 1. The van der Waals surface area contributed by atoms with Gasteiger partial charge in [0.25, 0.3) is 5.91 Å². The molecule has 0 aromatic heterocycles. The third-order valence-electron chi connectivity index (χ3n) is 4.16. The summed E-state index contributed by atoms with van der Waals surface area (Å²) in [5.41, 5.74) is 19.3. The number of rotatable bonds is 4. The van der Waals surface area contributed by atoms with E-state index in [4.69, 9.17) is 17.2 Å². The lowest BCUT2D eigenvalue weighted by atomic mass is 10.0. The van der Waals surface area contributed by atoms with Crippen LogP contribution in [0.15, 0.2) is 53.8 Å². The molecule has 0 saturated carbocycles. The Balaban J connectivity index is 2.26. The van der Waals surface area contributed by atoms with Crippen molar-refractivity contribution in [2.75, 3.05) is 6.54 Å². The average Bonchev–Trinajstić information content (AvgIpc) is 2.79. The van der Waals surface area contributed by atoms with Crippen LogP contribution in [0.5, 0.6) is 0 Å². The van der Waals surface area contributed by atoms with Gasteiger partial charge in [0.15, 0.2) is 0 Å². The SMILES string of the molecule is CC1CN(C(C)c2ccccc2)C(=O)/C1=C/C(=C\N)C(N)N. The number of carbonyl (C=O) groups excluding carboxylic acids is 1. The van der Waals surface area contributed by atoms with Crippen LogP contribution in [0.1, 0.15) is 25.5 Å². The molecule has 1 amide bonds. The summed E-state index contributed by atoms with van der Waals surface area (Å²) in [7, 11) is 0. The Hall–Kier alpha value is -2.11. The van der Waals surface area contributed by atoms with Crippen molar-refractivity contribution >= 4 is 5.91 Å². The molecule has 1 aliphatic rings. The lowest BCUT2D eigenvalue weighted by Gasteiger charge is -2.24. The minimum Gasteiger partial charge on any atom is -0.404 e. The Morgan fingerprint density at radius 3 is 2.50 bits per heavy atom. The lowest BCUT2D eigenvalue weighted by molar-refractivity contribution is -0.126. The molecule has 2 rings (SSSR count). The topological polar surface area (TPSA) is 98.4 Å². The van der Waals surface area contributed by atoms with Gasteiger partial charge < -0.3 is 22.1 Å². The second-order valence-electron chi connectivity index (χ2n) is 5.74. The molecule has 5 nitrogen and oxygen atoms in total. The molecule has 1 fully saturated rings. The highest BCUT2D eigenvalue weighted by Crippen LogP contribution is 2.32. The highest BCUT2D eigenvalue weighted by atomic mass is 16.2. The zero-order chi connectivity index (χ0) is 16.3. The minimum atomic E-state index is -0.682. The maximum atomic E-state index is 12.7. The largest absolute Gasteiger partial charge is 0.404 e. The maximum Gasteiger partial charge on any atom is 0.250 e. The molecule has 118 valence electrons. The molecule has 2 atom stereocenters. The Bertz CT molecular complexity index is 592. The van der Waals surface area contributed by atoms with Crippen molar-refractivity contribution in [1.29, 1.82) is 0 Å². The quantitative estimate of drug-likeness (QED) is 0.575. The van der Waals surface area contributed by atoms with Crippen LogP contribution in [0.2, 0.25) is 0 Å². The predicted molar refractivity (Wildman–Crippen MR) is 88.3 cm³/mol. The van der Waals surface area contributed by atoms with E-state index in [-0.39, 0.29) is 17.9 Å². The van der Waals surface area contributed by atoms with Crippen LogP contribution < -0.4 is 17.2 Å². The van der Waals surface area contributed by atoms with E-state index in [0.29, 0.717) is 17.7 Å². The second-order valence-corrected chi connectivity index (χ2v) is 5.74. The van der Waals surface area contributed by atoms with E-state index >= 15 is 0 Å². The number of hydrogen-bond donors (Lipinski definition) is 3. The number of carbonyl (C=O) groups is 1. The molecule has 0 radical (unpaired) electrons. The Kier molecular flexibility index (Phi) is 5.00. The summed E-state index contributed by atoms with van der Waals surface area (Å²) in [6, 6.07) is 10.0. The van der Waals surface area contributed by atoms with Crippen LogP contribution in [-0.4, -0.2) is 23.5 Å². The molecule has 1 aliphatic heterocycles.